The van der Waals surface area contributed by atoms with Crippen LogP contribution in [0.25, 0.3) is 5.57 Å². The van der Waals surface area contributed by atoms with Crippen molar-refractivity contribution in [2.45, 2.75) is 16.3 Å². The highest BCUT2D eigenvalue weighted by atomic mass is 35.5. The summed E-state index contributed by atoms with van der Waals surface area (Å²) in [6.45, 7) is 0. The molecule has 32 heavy (non-hydrogen) atoms. The minimum atomic E-state index is -0.189. The van der Waals surface area contributed by atoms with Gasteiger partial charge in [-0.3, -0.25) is 0 Å². The number of aliphatic imine (C=N–C) groups is 2. The fraction of sp³-hybridized carbons (Fsp3) is 0.111. The van der Waals surface area contributed by atoms with Gasteiger partial charge in [0.1, 0.15) is 17.8 Å². The predicted molar refractivity (Wildman–Crippen MR) is 134 cm³/mol. The van der Waals surface area contributed by atoms with Gasteiger partial charge in [0, 0.05) is 20.7 Å². The molecule has 156 valence electrons. The fourth-order valence-corrected chi connectivity index (χ4v) is 5.95. The summed E-state index contributed by atoms with van der Waals surface area (Å²) in [5.41, 5.74) is 4.80. The van der Waals surface area contributed by atoms with Gasteiger partial charge in [-0.05, 0) is 47.0 Å². The summed E-state index contributed by atoms with van der Waals surface area (Å²) in [7, 11) is 0. The molecule has 3 unspecified atom stereocenters. The number of hydrogen-bond acceptors (Lipinski definition) is 4. The van der Waals surface area contributed by atoms with Crippen molar-refractivity contribution in [3.8, 4) is 0 Å². The van der Waals surface area contributed by atoms with Gasteiger partial charge in [0.15, 0.2) is 0 Å². The van der Waals surface area contributed by atoms with Crippen LogP contribution in [0.2, 0.25) is 5.02 Å². The zero-order valence-electron chi connectivity index (χ0n) is 17.2. The minimum absolute atomic E-state index is 0.100. The maximum absolute atomic E-state index is 6.13. The van der Waals surface area contributed by atoms with Gasteiger partial charge in [0.05, 0.1) is 5.92 Å². The molecule has 0 fully saturated rings. The summed E-state index contributed by atoms with van der Waals surface area (Å²) in [5.74, 6) is 1.78. The van der Waals surface area contributed by atoms with Gasteiger partial charge in [-0.1, -0.05) is 78.4 Å². The monoisotopic (exact) mass is 453 g/mol. The summed E-state index contributed by atoms with van der Waals surface area (Å²) in [5, 5.41) is 4.52. The van der Waals surface area contributed by atoms with E-state index in [4.69, 9.17) is 21.6 Å². The van der Waals surface area contributed by atoms with E-state index in [0.717, 1.165) is 22.8 Å². The third-order valence-electron chi connectivity index (χ3n) is 5.97. The molecule has 1 aliphatic carbocycles. The number of allylic oxidation sites excluding steroid dienone is 2. The average molecular weight is 454 g/mol. The van der Waals surface area contributed by atoms with Crippen molar-refractivity contribution in [2.24, 2.45) is 15.9 Å². The molecule has 0 amide bonds. The molecule has 3 aromatic carbocycles. The van der Waals surface area contributed by atoms with Crippen molar-refractivity contribution in [3.05, 3.63) is 119 Å². The van der Waals surface area contributed by atoms with E-state index >= 15 is 0 Å². The van der Waals surface area contributed by atoms with Crippen LogP contribution in [-0.2, 0) is 0 Å². The number of thioether (sulfide) groups is 1. The zero-order chi connectivity index (χ0) is 21.5. The van der Waals surface area contributed by atoms with Crippen LogP contribution < -0.4 is 5.32 Å². The molecule has 0 saturated heterocycles. The standard InChI is InChI=1S/C27H20ClN3S/c28-19-15-13-18(14-16-19)26-29-25(17-7-2-1-3-8-17)30-27(31-26)22-11-6-10-21-20-9-4-5-12-23(20)32-24(21)22/h1-16,22,24-25H,(H,29,30,31). The van der Waals surface area contributed by atoms with Crippen molar-refractivity contribution in [1.29, 1.82) is 0 Å². The molecule has 3 nitrogen and oxygen atoms in total. The second kappa shape index (κ2) is 8.12. The van der Waals surface area contributed by atoms with Crippen LogP contribution in [0.15, 0.2) is 112 Å². The number of amidine groups is 2. The molecule has 0 spiro atoms. The van der Waals surface area contributed by atoms with Crippen LogP contribution in [0, 0.1) is 5.92 Å². The van der Waals surface area contributed by atoms with Gasteiger partial charge in [0.2, 0.25) is 0 Å². The quantitative estimate of drug-likeness (QED) is 0.489. The first kappa shape index (κ1) is 19.6. The number of fused-ring (bicyclic) bond motifs is 3. The van der Waals surface area contributed by atoms with Gasteiger partial charge in [-0.25, -0.2) is 9.98 Å². The SMILES string of the molecule is Clc1ccc(C2=NC(C3C=CC=C4c5ccccc5SC43)=NC(c3ccccc3)N2)cc1. The van der Waals surface area contributed by atoms with E-state index in [0.29, 0.717) is 5.02 Å². The van der Waals surface area contributed by atoms with E-state index in [1.807, 2.05) is 54.2 Å². The number of halogens is 1. The number of nitrogens with one attached hydrogen (secondary N) is 1. The molecule has 1 N–H and O–H groups in total. The van der Waals surface area contributed by atoms with Crippen molar-refractivity contribution < 1.29 is 0 Å². The molecule has 5 heteroatoms. The summed E-state index contributed by atoms with van der Waals surface area (Å²) in [4.78, 5) is 11.4. The minimum Gasteiger partial charge on any atom is -0.344 e. The second-order valence-corrected chi connectivity index (χ2v) is 9.60. The summed E-state index contributed by atoms with van der Waals surface area (Å²) >= 11 is 8.04. The van der Waals surface area contributed by atoms with E-state index in [2.05, 4.69) is 59.9 Å². The fourth-order valence-electron chi connectivity index (χ4n) is 4.39. The van der Waals surface area contributed by atoms with Crippen LogP contribution in [0.3, 0.4) is 0 Å². The smallest absolute Gasteiger partial charge is 0.147 e. The zero-order valence-corrected chi connectivity index (χ0v) is 18.7. The molecule has 3 aromatic rings. The third-order valence-corrected chi connectivity index (χ3v) is 7.63. The highest BCUT2D eigenvalue weighted by molar-refractivity contribution is 8.01. The Morgan fingerprint density at radius 1 is 0.875 bits per heavy atom. The highest BCUT2D eigenvalue weighted by Crippen LogP contribution is 2.50. The molecule has 0 aromatic heterocycles. The Labute approximate surface area is 196 Å². The maximum atomic E-state index is 6.13. The topological polar surface area (TPSA) is 36.8 Å². The number of benzene rings is 3. The molecule has 0 radical (unpaired) electrons. The highest BCUT2D eigenvalue weighted by Gasteiger charge is 2.38. The maximum Gasteiger partial charge on any atom is 0.147 e. The second-order valence-electron chi connectivity index (χ2n) is 7.98. The first-order valence-electron chi connectivity index (χ1n) is 10.6. The number of rotatable bonds is 3. The van der Waals surface area contributed by atoms with Gasteiger partial charge in [0.25, 0.3) is 0 Å². The molecule has 3 atom stereocenters. The summed E-state index contributed by atoms with van der Waals surface area (Å²) in [6.07, 6.45) is 6.44. The van der Waals surface area contributed by atoms with Gasteiger partial charge < -0.3 is 5.32 Å². The molecule has 6 rings (SSSR count). The molecule has 0 saturated carbocycles. The number of nitrogens with zero attached hydrogens (tertiary/aromatic N) is 2. The van der Waals surface area contributed by atoms with Crippen LogP contribution in [0.1, 0.15) is 22.9 Å². The largest absolute Gasteiger partial charge is 0.344 e. The van der Waals surface area contributed by atoms with Gasteiger partial charge in [-0.2, -0.15) is 0 Å². The van der Waals surface area contributed by atoms with Crippen LogP contribution in [0.4, 0.5) is 0 Å². The van der Waals surface area contributed by atoms with Crippen LogP contribution >= 0.6 is 23.4 Å². The predicted octanol–water partition coefficient (Wildman–Crippen LogP) is 6.53. The normalized spacial score (nSPS) is 23.4. The van der Waals surface area contributed by atoms with Crippen LogP contribution in [-0.4, -0.2) is 16.9 Å². The molecule has 3 aliphatic rings. The van der Waals surface area contributed by atoms with E-state index in [1.54, 1.807) is 0 Å². The summed E-state index contributed by atoms with van der Waals surface area (Å²) < 4.78 is 0. The van der Waals surface area contributed by atoms with Crippen molar-refractivity contribution in [1.82, 2.24) is 5.32 Å². The molecular formula is C27H20ClN3S. The Balaban J connectivity index is 1.41. The van der Waals surface area contributed by atoms with E-state index in [9.17, 15) is 0 Å². The Morgan fingerprint density at radius 3 is 2.50 bits per heavy atom. The van der Waals surface area contributed by atoms with E-state index < -0.39 is 0 Å². The lowest BCUT2D eigenvalue weighted by Crippen LogP contribution is -2.37. The third kappa shape index (κ3) is 3.50. The Morgan fingerprint density at radius 2 is 1.66 bits per heavy atom. The lowest BCUT2D eigenvalue weighted by atomic mass is 9.88. The van der Waals surface area contributed by atoms with Gasteiger partial charge in [-0.15, -0.1) is 11.8 Å². The number of hydrogen-bond donors (Lipinski definition) is 1. The Hall–Kier alpha value is -3.08. The van der Waals surface area contributed by atoms with Crippen molar-refractivity contribution >= 4 is 40.6 Å². The van der Waals surface area contributed by atoms with Crippen molar-refractivity contribution in [2.75, 3.05) is 0 Å². The molecule has 0 bridgehead atoms. The van der Waals surface area contributed by atoms with E-state index in [1.165, 1.54) is 16.0 Å². The Bertz CT molecular complexity index is 1290. The molecule has 2 heterocycles. The first-order chi connectivity index (χ1) is 15.8. The average Bonchev–Trinajstić information content (AvgIpc) is 3.24. The first-order valence-corrected chi connectivity index (χ1v) is 11.9. The lowest BCUT2D eigenvalue weighted by molar-refractivity contribution is 0.661. The summed E-state index contributed by atoms with van der Waals surface area (Å²) in [6, 6.07) is 26.8. The van der Waals surface area contributed by atoms with E-state index in [-0.39, 0.29) is 17.3 Å². The van der Waals surface area contributed by atoms with Crippen molar-refractivity contribution in [3.63, 3.8) is 0 Å². The Kier molecular flexibility index (Phi) is 4.97. The van der Waals surface area contributed by atoms with Gasteiger partial charge >= 0.3 is 0 Å². The van der Waals surface area contributed by atoms with Crippen LogP contribution in [0.5, 0.6) is 0 Å². The molecule has 2 aliphatic heterocycles. The molecular weight excluding hydrogens is 434 g/mol. The lowest BCUT2D eigenvalue weighted by Gasteiger charge is -2.29.